The summed E-state index contributed by atoms with van der Waals surface area (Å²) in [5, 5.41) is 2.95. The lowest BCUT2D eigenvalue weighted by Gasteiger charge is -2.27. The summed E-state index contributed by atoms with van der Waals surface area (Å²) in [5.74, 6) is -0.468. The third-order valence-electron chi connectivity index (χ3n) is 4.38. The first-order valence-electron chi connectivity index (χ1n) is 8.98. The van der Waals surface area contributed by atoms with Crippen LogP contribution in [0, 0.1) is 0 Å². The molecule has 6 nitrogen and oxygen atoms in total. The van der Waals surface area contributed by atoms with Gasteiger partial charge in [-0.3, -0.25) is 4.79 Å². The molecule has 0 heterocycles. The smallest absolute Gasteiger partial charge is 0.257 e. The standard InChI is InChI=1S/C20H26ClN3O3S/c1-6-24(14(2)3)16-9-7-15(8-10-16)22-20(25)18-13-17(11-12-19(18)21)28(26,27)23(4)5/h7-14H,6H2,1-5H3,(H,22,25). The fourth-order valence-electron chi connectivity index (χ4n) is 2.83. The normalized spacial score (nSPS) is 11.7. The highest BCUT2D eigenvalue weighted by Crippen LogP contribution is 2.24. The molecule has 0 saturated heterocycles. The van der Waals surface area contributed by atoms with Gasteiger partial charge in [0.2, 0.25) is 10.0 Å². The maximum atomic E-state index is 12.7. The van der Waals surface area contributed by atoms with Crippen LogP contribution in [-0.2, 0) is 10.0 Å². The molecule has 0 atom stereocenters. The van der Waals surface area contributed by atoms with Crippen LogP contribution >= 0.6 is 11.6 Å². The van der Waals surface area contributed by atoms with Gasteiger partial charge < -0.3 is 10.2 Å². The molecule has 0 saturated carbocycles. The zero-order valence-corrected chi connectivity index (χ0v) is 18.3. The van der Waals surface area contributed by atoms with E-state index in [2.05, 4.69) is 31.0 Å². The fourth-order valence-corrected chi connectivity index (χ4v) is 3.96. The van der Waals surface area contributed by atoms with Crippen molar-refractivity contribution < 1.29 is 13.2 Å². The minimum Gasteiger partial charge on any atom is -0.369 e. The van der Waals surface area contributed by atoms with Crippen molar-refractivity contribution in [1.29, 1.82) is 0 Å². The van der Waals surface area contributed by atoms with Crippen LogP contribution in [0.5, 0.6) is 0 Å². The molecule has 0 aliphatic rings. The van der Waals surface area contributed by atoms with Crippen molar-refractivity contribution in [3.63, 3.8) is 0 Å². The first-order chi connectivity index (χ1) is 13.1. The molecule has 1 N–H and O–H groups in total. The molecule has 0 bridgehead atoms. The lowest BCUT2D eigenvalue weighted by Crippen LogP contribution is -2.30. The van der Waals surface area contributed by atoms with Crippen LogP contribution in [0.1, 0.15) is 31.1 Å². The van der Waals surface area contributed by atoms with E-state index in [-0.39, 0.29) is 15.5 Å². The third kappa shape index (κ3) is 4.84. The van der Waals surface area contributed by atoms with E-state index in [1.807, 2.05) is 24.3 Å². The molecule has 0 aliphatic carbocycles. The summed E-state index contributed by atoms with van der Waals surface area (Å²) < 4.78 is 25.7. The number of anilines is 2. The first-order valence-corrected chi connectivity index (χ1v) is 10.8. The second-order valence-corrected chi connectivity index (χ2v) is 9.37. The average Bonchev–Trinajstić information content (AvgIpc) is 2.63. The summed E-state index contributed by atoms with van der Waals surface area (Å²) in [4.78, 5) is 14.9. The summed E-state index contributed by atoms with van der Waals surface area (Å²) in [7, 11) is -0.795. The molecule has 0 unspecified atom stereocenters. The molecule has 2 aromatic rings. The van der Waals surface area contributed by atoms with Gasteiger partial charge in [-0.2, -0.15) is 0 Å². The maximum absolute atomic E-state index is 12.7. The molecule has 2 aromatic carbocycles. The molecule has 1 amide bonds. The predicted molar refractivity (Wildman–Crippen MR) is 115 cm³/mol. The molecule has 0 spiro atoms. The number of sulfonamides is 1. The van der Waals surface area contributed by atoms with Crippen molar-refractivity contribution in [2.75, 3.05) is 30.9 Å². The van der Waals surface area contributed by atoms with Crippen molar-refractivity contribution in [1.82, 2.24) is 4.31 Å². The summed E-state index contributed by atoms with van der Waals surface area (Å²) in [6, 6.07) is 12.0. The Labute approximate surface area is 172 Å². The summed E-state index contributed by atoms with van der Waals surface area (Å²) >= 11 is 6.13. The van der Waals surface area contributed by atoms with Gasteiger partial charge in [0.15, 0.2) is 0 Å². The minimum atomic E-state index is -3.66. The monoisotopic (exact) mass is 423 g/mol. The number of carbonyl (C=O) groups excluding carboxylic acids is 1. The van der Waals surface area contributed by atoms with Crippen LogP contribution < -0.4 is 10.2 Å². The van der Waals surface area contributed by atoms with Gasteiger partial charge in [-0.25, -0.2) is 12.7 Å². The van der Waals surface area contributed by atoms with E-state index in [0.29, 0.717) is 11.7 Å². The first kappa shape index (κ1) is 22.2. The molecule has 2 rings (SSSR count). The zero-order valence-electron chi connectivity index (χ0n) is 16.7. The van der Waals surface area contributed by atoms with Crippen LogP contribution in [0.3, 0.4) is 0 Å². The number of hydrogen-bond acceptors (Lipinski definition) is 4. The number of carbonyl (C=O) groups is 1. The number of benzene rings is 2. The maximum Gasteiger partial charge on any atom is 0.257 e. The van der Waals surface area contributed by atoms with E-state index in [1.165, 1.54) is 32.3 Å². The largest absolute Gasteiger partial charge is 0.369 e. The molecule has 0 aliphatic heterocycles. The van der Waals surface area contributed by atoms with Crippen molar-refractivity contribution in [2.45, 2.75) is 31.7 Å². The van der Waals surface area contributed by atoms with Crippen LogP contribution in [0.2, 0.25) is 5.02 Å². The Kier molecular flexibility index (Phi) is 7.09. The van der Waals surface area contributed by atoms with E-state index in [1.54, 1.807) is 0 Å². The topological polar surface area (TPSA) is 69.7 Å². The van der Waals surface area contributed by atoms with E-state index in [9.17, 15) is 13.2 Å². The van der Waals surface area contributed by atoms with Crippen LogP contribution in [0.25, 0.3) is 0 Å². The summed E-state index contributed by atoms with van der Waals surface area (Å²) in [5.41, 5.74) is 1.77. The Balaban J connectivity index is 2.26. The fraction of sp³-hybridized carbons (Fsp3) is 0.350. The Morgan fingerprint density at radius 1 is 1.11 bits per heavy atom. The number of hydrogen-bond donors (Lipinski definition) is 1. The molecule has 0 radical (unpaired) electrons. The Hall–Kier alpha value is -2.09. The Morgan fingerprint density at radius 2 is 1.71 bits per heavy atom. The quantitative estimate of drug-likeness (QED) is 0.728. The van der Waals surface area contributed by atoms with Crippen LogP contribution in [0.4, 0.5) is 11.4 Å². The number of nitrogens with one attached hydrogen (secondary N) is 1. The van der Waals surface area contributed by atoms with E-state index < -0.39 is 15.9 Å². The van der Waals surface area contributed by atoms with Crippen molar-refractivity contribution in [2.24, 2.45) is 0 Å². The van der Waals surface area contributed by atoms with Crippen LogP contribution in [-0.4, -0.2) is 45.3 Å². The molecule has 28 heavy (non-hydrogen) atoms. The minimum absolute atomic E-state index is 0.0120. The SMILES string of the molecule is CCN(c1ccc(NC(=O)c2cc(S(=O)(=O)N(C)C)ccc2Cl)cc1)C(C)C. The second kappa shape index (κ2) is 8.94. The second-order valence-electron chi connectivity index (χ2n) is 6.81. The molecule has 152 valence electrons. The van der Waals surface area contributed by atoms with Crippen molar-refractivity contribution >= 4 is 38.9 Å². The lowest BCUT2D eigenvalue weighted by molar-refractivity contribution is 0.102. The highest BCUT2D eigenvalue weighted by Gasteiger charge is 2.21. The summed E-state index contributed by atoms with van der Waals surface area (Å²) in [6.07, 6.45) is 0. The number of amides is 1. The van der Waals surface area contributed by atoms with Gasteiger partial charge in [-0.1, -0.05) is 11.6 Å². The van der Waals surface area contributed by atoms with Crippen molar-refractivity contribution in [3.05, 3.63) is 53.1 Å². The number of nitrogens with zero attached hydrogens (tertiary/aromatic N) is 2. The number of halogens is 1. The van der Waals surface area contributed by atoms with E-state index in [4.69, 9.17) is 11.6 Å². The summed E-state index contributed by atoms with van der Waals surface area (Å²) in [6.45, 7) is 7.21. The molecule has 0 aromatic heterocycles. The van der Waals surface area contributed by atoms with Gasteiger partial charge in [0.05, 0.1) is 15.5 Å². The van der Waals surface area contributed by atoms with Gasteiger partial charge in [0, 0.05) is 38.1 Å². The molecule has 8 heteroatoms. The van der Waals surface area contributed by atoms with E-state index >= 15 is 0 Å². The highest BCUT2D eigenvalue weighted by molar-refractivity contribution is 7.89. The van der Waals surface area contributed by atoms with Crippen LogP contribution in [0.15, 0.2) is 47.4 Å². The zero-order chi connectivity index (χ0) is 21.1. The molecular weight excluding hydrogens is 398 g/mol. The predicted octanol–water partition coefficient (Wildman–Crippen LogP) is 4.08. The average molecular weight is 424 g/mol. The van der Waals surface area contributed by atoms with Crippen molar-refractivity contribution in [3.8, 4) is 0 Å². The van der Waals surface area contributed by atoms with Gasteiger partial charge >= 0.3 is 0 Å². The molecular formula is C20H26ClN3O3S. The van der Waals surface area contributed by atoms with Gasteiger partial charge in [-0.15, -0.1) is 0 Å². The van der Waals surface area contributed by atoms with Gasteiger partial charge in [0.1, 0.15) is 0 Å². The Bertz CT molecular complexity index is 942. The van der Waals surface area contributed by atoms with Gasteiger partial charge in [-0.05, 0) is 63.2 Å². The van der Waals surface area contributed by atoms with Gasteiger partial charge in [0.25, 0.3) is 5.91 Å². The number of rotatable bonds is 7. The Morgan fingerprint density at radius 3 is 2.21 bits per heavy atom. The molecule has 0 fully saturated rings. The third-order valence-corrected chi connectivity index (χ3v) is 6.52. The lowest BCUT2D eigenvalue weighted by atomic mass is 10.2. The van der Waals surface area contributed by atoms with E-state index in [0.717, 1.165) is 16.5 Å². The highest BCUT2D eigenvalue weighted by atomic mass is 35.5.